The molecule has 0 N–H and O–H groups in total. The summed E-state index contributed by atoms with van der Waals surface area (Å²) < 4.78 is 71.4. The lowest BCUT2D eigenvalue weighted by Crippen LogP contribution is -2.58. The molecule has 138 valence electrons. The first kappa shape index (κ1) is 18.5. The molecule has 0 amide bonds. The normalized spacial score (nSPS) is 30.3. The van der Waals surface area contributed by atoms with Crippen LogP contribution in [0.2, 0.25) is 0 Å². The topological polar surface area (TPSA) is 34.1 Å². The molecule has 1 aromatic rings. The molecular formula is C19H23F3O2S. The number of hydrogen-bond acceptors (Lipinski definition) is 2. The first-order chi connectivity index (χ1) is 11.7. The standard InChI is InChI=1S/C19H23F3O2S/c1-14-9-11-16(12-10-14)25(23,24)19(22)17(8-5-13-18(19,20)21)15-6-3-2-4-7-15/h5,8-12,15,17H,2-4,6-7,13H2,1H3. The molecule has 0 saturated heterocycles. The molecule has 25 heavy (non-hydrogen) atoms. The zero-order valence-corrected chi connectivity index (χ0v) is 15.0. The van der Waals surface area contributed by atoms with Crippen molar-refractivity contribution in [2.45, 2.75) is 61.3 Å². The van der Waals surface area contributed by atoms with Crippen LogP contribution in [0, 0.1) is 18.8 Å². The fraction of sp³-hybridized carbons (Fsp3) is 0.579. The van der Waals surface area contributed by atoms with Crippen LogP contribution in [0.15, 0.2) is 41.3 Å². The minimum atomic E-state index is -4.85. The van der Waals surface area contributed by atoms with Gasteiger partial charge in [0.1, 0.15) is 0 Å². The largest absolute Gasteiger partial charge is 0.300 e. The van der Waals surface area contributed by atoms with Crippen LogP contribution in [0.3, 0.4) is 0 Å². The van der Waals surface area contributed by atoms with Gasteiger partial charge in [-0.3, -0.25) is 0 Å². The van der Waals surface area contributed by atoms with E-state index in [4.69, 9.17) is 0 Å². The average molecular weight is 372 g/mol. The van der Waals surface area contributed by atoms with Crippen LogP contribution in [-0.4, -0.2) is 19.3 Å². The number of alkyl halides is 3. The quantitative estimate of drug-likeness (QED) is 0.681. The minimum Gasteiger partial charge on any atom is -0.220 e. The molecule has 0 spiro atoms. The van der Waals surface area contributed by atoms with Gasteiger partial charge in [0.2, 0.25) is 9.84 Å². The van der Waals surface area contributed by atoms with Gasteiger partial charge in [-0.05, 0) is 37.8 Å². The summed E-state index contributed by atoms with van der Waals surface area (Å²) in [5, 5.41) is -3.61. The molecule has 2 atom stereocenters. The van der Waals surface area contributed by atoms with E-state index in [1.54, 1.807) is 6.92 Å². The van der Waals surface area contributed by atoms with Crippen molar-refractivity contribution in [1.29, 1.82) is 0 Å². The van der Waals surface area contributed by atoms with Crippen LogP contribution in [-0.2, 0) is 9.84 Å². The van der Waals surface area contributed by atoms with Crippen molar-refractivity contribution < 1.29 is 21.6 Å². The van der Waals surface area contributed by atoms with Gasteiger partial charge in [-0.15, -0.1) is 0 Å². The van der Waals surface area contributed by atoms with Crippen molar-refractivity contribution >= 4 is 9.84 Å². The summed E-state index contributed by atoms with van der Waals surface area (Å²) in [7, 11) is -4.85. The van der Waals surface area contributed by atoms with E-state index in [-0.39, 0.29) is 10.8 Å². The second kappa shape index (κ2) is 6.45. The third kappa shape index (κ3) is 2.92. The predicted octanol–water partition coefficient (Wildman–Crippen LogP) is 5.23. The van der Waals surface area contributed by atoms with Gasteiger partial charge in [0.25, 0.3) is 10.9 Å². The van der Waals surface area contributed by atoms with E-state index < -0.39 is 33.1 Å². The molecule has 0 radical (unpaired) electrons. The van der Waals surface area contributed by atoms with Crippen LogP contribution in [0.1, 0.15) is 44.1 Å². The number of sulfone groups is 1. The molecule has 1 fully saturated rings. The number of aryl methyl sites for hydroxylation is 1. The summed E-state index contributed by atoms with van der Waals surface area (Å²) >= 11 is 0. The van der Waals surface area contributed by atoms with Crippen LogP contribution < -0.4 is 0 Å². The Hall–Kier alpha value is -1.30. The molecule has 0 aromatic heterocycles. The number of halogens is 3. The van der Waals surface area contributed by atoms with Crippen molar-refractivity contribution in [3.05, 3.63) is 42.0 Å². The van der Waals surface area contributed by atoms with Gasteiger partial charge in [-0.2, -0.15) is 0 Å². The highest BCUT2D eigenvalue weighted by atomic mass is 32.2. The monoisotopic (exact) mass is 372 g/mol. The van der Waals surface area contributed by atoms with Crippen LogP contribution in [0.25, 0.3) is 0 Å². The molecule has 1 saturated carbocycles. The van der Waals surface area contributed by atoms with Gasteiger partial charge in [-0.25, -0.2) is 21.6 Å². The molecule has 3 rings (SSSR count). The van der Waals surface area contributed by atoms with E-state index in [1.165, 1.54) is 36.4 Å². The maximum atomic E-state index is 16.0. The molecule has 0 bridgehead atoms. The third-order valence-corrected chi connectivity index (χ3v) is 7.77. The fourth-order valence-corrected chi connectivity index (χ4v) is 6.03. The number of benzene rings is 1. The highest BCUT2D eigenvalue weighted by Gasteiger charge is 2.69. The number of hydrogen-bond donors (Lipinski definition) is 0. The second-order valence-electron chi connectivity index (χ2n) is 7.22. The van der Waals surface area contributed by atoms with Gasteiger partial charge >= 0.3 is 0 Å². The van der Waals surface area contributed by atoms with Crippen molar-refractivity contribution in [2.75, 3.05) is 0 Å². The van der Waals surface area contributed by atoms with E-state index >= 15 is 4.39 Å². The Bertz CT molecular complexity index is 749. The summed E-state index contributed by atoms with van der Waals surface area (Å²) in [6.45, 7) is 1.75. The Morgan fingerprint density at radius 2 is 1.60 bits per heavy atom. The Morgan fingerprint density at radius 1 is 1.00 bits per heavy atom. The first-order valence-corrected chi connectivity index (χ1v) is 10.2. The van der Waals surface area contributed by atoms with Gasteiger partial charge in [-0.1, -0.05) is 49.1 Å². The minimum absolute atomic E-state index is 0.374. The molecule has 6 heteroatoms. The maximum Gasteiger partial charge on any atom is 0.300 e. The zero-order chi connectivity index (χ0) is 18.3. The lowest BCUT2D eigenvalue weighted by molar-refractivity contribution is -0.124. The number of rotatable bonds is 3. The van der Waals surface area contributed by atoms with Gasteiger partial charge in [0.05, 0.1) is 4.90 Å². The molecule has 2 unspecified atom stereocenters. The summed E-state index contributed by atoms with van der Waals surface area (Å²) in [5.74, 6) is -5.64. The van der Waals surface area contributed by atoms with Gasteiger partial charge in [0.15, 0.2) is 0 Å². The van der Waals surface area contributed by atoms with E-state index in [2.05, 4.69) is 0 Å². The molecule has 2 nitrogen and oxygen atoms in total. The Labute approximate surface area is 147 Å². The summed E-state index contributed by atoms with van der Waals surface area (Å²) in [5.41, 5.74) is 0.783. The van der Waals surface area contributed by atoms with Crippen molar-refractivity contribution in [1.82, 2.24) is 0 Å². The number of allylic oxidation sites excluding steroid dienone is 2. The zero-order valence-electron chi connectivity index (χ0n) is 14.2. The van der Waals surface area contributed by atoms with E-state index in [1.807, 2.05) is 0 Å². The molecule has 0 heterocycles. The van der Waals surface area contributed by atoms with Crippen molar-refractivity contribution in [2.24, 2.45) is 11.8 Å². The molecule has 0 aliphatic heterocycles. The van der Waals surface area contributed by atoms with E-state index in [9.17, 15) is 17.2 Å². The maximum absolute atomic E-state index is 16.0. The van der Waals surface area contributed by atoms with Gasteiger partial charge < -0.3 is 0 Å². The molecular weight excluding hydrogens is 349 g/mol. The fourth-order valence-electron chi connectivity index (χ4n) is 4.09. The van der Waals surface area contributed by atoms with E-state index in [0.717, 1.165) is 24.8 Å². The second-order valence-corrected chi connectivity index (χ2v) is 9.29. The highest BCUT2D eigenvalue weighted by molar-refractivity contribution is 7.92. The average Bonchev–Trinajstić information content (AvgIpc) is 2.58. The Kier molecular flexibility index (Phi) is 4.77. The Balaban J connectivity index is 2.11. The third-order valence-electron chi connectivity index (χ3n) is 5.53. The first-order valence-electron chi connectivity index (χ1n) is 8.75. The smallest absolute Gasteiger partial charge is 0.220 e. The summed E-state index contributed by atoms with van der Waals surface area (Å²) in [6.07, 6.45) is 5.51. The van der Waals surface area contributed by atoms with Crippen molar-refractivity contribution in [3.63, 3.8) is 0 Å². The van der Waals surface area contributed by atoms with Crippen LogP contribution in [0.5, 0.6) is 0 Å². The Morgan fingerprint density at radius 3 is 2.20 bits per heavy atom. The van der Waals surface area contributed by atoms with Crippen LogP contribution >= 0.6 is 0 Å². The predicted molar refractivity (Wildman–Crippen MR) is 91.0 cm³/mol. The lowest BCUT2D eigenvalue weighted by Gasteiger charge is -2.44. The molecule has 2 aliphatic rings. The molecule has 2 aliphatic carbocycles. The molecule has 1 aromatic carbocycles. The van der Waals surface area contributed by atoms with Gasteiger partial charge in [0, 0.05) is 12.3 Å². The summed E-state index contributed by atoms with van der Waals surface area (Å²) in [4.78, 5) is -0.378. The summed E-state index contributed by atoms with van der Waals surface area (Å²) in [6, 6.07) is 5.45. The lowest BCUT2D eigenvalue weighted by atomic mass is 9.74. The highest BCUT2D eigenvalue weighted by Crippen LogP contribution is 2.54. The van der Waals surface area contributed by atoms with Crippen molar-refractivity contribution in [3.8, 4) is 0 Å². The van der Waals surface area contributed by atoms with Crippen LogP contribution in [0.4, 0.5) is 13.2 Å². The SMILES string of the molecule is Cc1ccc(S(=O)(=O)C2(F)C(C3CCCCC3)C=CCC2(F)F)cc1. The van der Waals surface area contributed by atoms with E-state index in [0.29, 0.717) is 12.8 Å².